The molecule has 2 aliphatic rings. The number of nitrogens with one attached hydrogen (secondary N) is 1. The Balaban J connectivity index is 2.00. The second-order valence-corrected chi connectivity index (χ2v) is 5.18. The van der Waals surface area contributed by atoms with Crippen LogP contribution in [0.25, 0.3) is 0 Å². The summed E-state index contributed by atoms with van der Waals surface area (Å²) in [6, 6.07) is 0.613. The SMILES string of the molecule is O=C(O)CC1(NC2CC2)CCCCCC1. The molecule has 0 aliphatic heterocycles. The highest BCUT2D eigenvalue weighted by molar-refractivity contribution is 5.68. The minimum Gasteiger partial charge on any atom is -0.481 e. The van der Waals surface area contributed by atoms with Crippen LogP contribution in [0.1, 0.15) is 57.8 Å². The summed E-state index contributed by atoms with van der Waals surface area (Å²) < 4.78 is 0. The average Bonchev–Trinajstić information content (AvgIpc) is 2.94. The predicted octanol–water partition coefficient (Wildman–Crippen LogP) is 2.31. The average molecular weight is 211 g/mol. The van der Waals surface area contributed by atoms with Crippen molar-refractivity contribution >= 4 is 5.97 Å². The molecule has 0 aromatic carbocycles. The smallest absolute Gasteiger partial charge is 0.305 e. The zero-order chi connectivity index (χ0) is 10.7. The van der Waals surface area contributed by atoms with Crippen LogP contribution in [-0.4, -0.2) is 22.7 Å². The number of rotatable bonds is 4. The fraction of sp³-hybridized carbons (Fsp3) is 0.917. The first-order valence-corrected chi connectivity index (χ1v) is 6.20. The second-order valence-electron chi connectivity index (χ2n) is 5.18. The van der Waals surface area contributed by atoms with Gasteiger partial charge in [-0.3, -0.25) is 4.79 Å². The molecule has 0 atom stereocenters. The fourth-order valence-corrected chi connectivity index (χ4v) is 2.73. The third-order valence-corrected chi connectivity index (χ3v) is 3.64. The highest BCUT2D eigenvalue weighted by atomic mass is 16.4. The van der Waals surface area contributed by atoms with E-state index in [4.69, 9.17) is 5.11 Å². The molecular weight excluding hydrogens is 190 g/mol. The van der Waals surface area contributed by atoms with Crippen LogP contribution < -0.4 is 5.32 Å². The third kappa shape index (κ3) is 3.20. The Morgan fingerprint density at radius 1 is 1.20 bits per heavy atom. The summed E-state index contributed by atoms with van der Waals surface area (Å²) in [5, 5.41) is 12.6. The molecular formula is C12H21NO2. The molecule has 0 aromatic rings. The molecule has 2 N–H and O–H groups in total. The van der Waals surface area contributed by atoms with E-state index in [1.165, 1.54) is 38.5 Å². The van der Waals surface area contributed by atoms with E-state index in [0.29, 0.717) is 12.5 Å². The van der Waals surface area contributed by atoms with Crippen molar-refractivity contribution in [3.63, 3.8) is 0 Å². The van der Waals surface area contributed by atoms with Crippen molar-refractivity contribution in [3.05, 3.63) is 0 Å². The third-order valence-electron chi connectivity index (χ3n) is 3.64. The lowest BCUT2D eigenvalue weighted by atomic mass is 9.86. The van der Waals surface area contributed by atoms with Crippen LogP contribution in [0.2, 0.25) is 0 Å². The number of carboxylic acids is 1. The molecule has 2 fully saturated rings. The van der Waals surface area contributed by atoms with Crippen LogP contribution in [0.15, 0.2) is 0 Å². The van der Waals surface area contributed by atoms with Crippen LogP contribution in [0, 0.1) is 0 Å². The largest absolute Gasteiger partial charge is 0.481 e. The molecule has 0 bridgehead atoms. The van der Waals surface area contributed by atoms with Gasteiger partial charge in [0, 0.05) is 11.6 Å². The zero-order valence-electron chi connectivity index (χ0n) is 9.30. The van der Waals surface area contributed by atoms with Gasteiger partial charge >= 0.3 is 5.97 Å². The van der Waals surface area contributed by atoms with Gasteiger partial charge < -0.3 is 10.4 Å². The Kier molecular flexibility index (Phi) is 3.29. The summed E-state index contributed by atoms with van der Waals surface area (Å²) in [6.07, 6.45) is 9.80. The molecule has 2 saturated carbocycles. The number of carbonyl (C=O) groups is 1. The zero-order valence-corrected chi connectivity index (χ0v) is 9.30. The maximum atomic E-state index is 10.9. The van der Waals surface area contributed by atoms with E-state index in [9.17, 15) is 4.79 Å². The molecule has 3 nitrogen and oxygen atoms in total. The van der Waals surface area contributed by atoms with Gasteiger partial charge in [0.25, 0.3) is 0 Å². The van der Waals surface area contributed by atoms with Gasteiger partial charge in [-0.2, -0.15) is 0 Å². The van der Waals surface area contributed by atoms with E-state index < -0.39 is 5.97 Å². The van der Waals surface area contributed by atoms with Crippen LogP contribution in [0.4, 0.5) is 0 Å². The van der Waals surface area contributed by atoms with E-state index in [-0.39, 0.29) is 5.54 Å². The van der Waals surface area contributed by atoms with Crippen molar-refractivity contribution in [2.45, 2.75) is 69.4 Å². The van der Waals surface area contributed by atoms with Crippen LogP contribution in [0.3, 0.4) is 0 Å². The number of aliphatic carboxylic acids is 1. The summed E-state index contributed by atoms with van der Waals surface area (Å²) in [6.45, 7) is 0. The first kappa shape index (κ1) is 10.9. The van der Waals surface area contributed by atoms with Crippen molar-refractivity contribution in [1.82, 2.24) is 5.32 Å². The van der Waals surface area contributed by atoms with E-state index in [2.05, 4.69) is 5.32 Å². The molecule has 2 rings (SSSR count). The monoisotopic (exact) mass is 211 g/mol. The normalized spacial score (nSPS) is 25.9. The van der Waals surface area contributed by atoms with Gasteiger partial charge in [0.1, 0.15) is 0 Å². The lowest BCUT2D eigenvalue weighted by Gasteiger charge is -2.33. The van der Waals surface area contributed by atoms with Crippen molar-refractivity contribution in [2.24, 2.45) is 0 Å². The van der Waals surface area contributed by atoms with Crippen LogP contribution in [0.5, 0.6) is 0 Å². The Morgan fingerprint density at radius 2 is 1.80 bits per heavy atom. The van der Waals surface area contributed by atoms with Gasteiger partial charge in [-0.1, -0.05) is 25.7 Å². The first-order chi connectivity index (χ1) is 7.20. The predicted molar refractivity (Wildman–Crippen MR) is 58.8 cm³/mol. The Bertz CT molecular complexity index is 228. The quantitative estimate of drug-likeness (QED) is 0.701. The molecule has 86 valence electrons. The maximum absolute atomic E-state index is 10.9. The topological polar surface area (TPSA) is 49.3 Å². The summed E-state index contributed by atoms with van der Waals surface area (Å²) in [5.74, 6) is -0.648. The highest BCUT2D eigenvalue weighted by Gasteiger charge is 2.37. The molecule has 15 heavy (non-hydrogen) atoms. The Morgan fingerprint density at radius 3 is 2.27 bits per heavy atom. The summed E-state index contributed by atoms with van der Waals surface area (Å²) in [5.41, 5.74) is -0.0799. The molecule has 0 amide bonds. The second kappa shape index (κ2) is 4.52. The van der Waals surface area contributed by atoms with Crippen molar-refractivity contribution < 1.29 is 9.90 Å². The van der Waals surface area contributed by atoms with E-state index in [1.54, 1.807) is 0 Å². The van der Waals surface area contributed by atoms with Gasteiger partial charge in [-0.15, -0.1) is 0 Å². The molecule has 0 aromatic heterocycles. The Hall–Kier alpha value is -0.570. The molecule has 3 heteroatoms. The first-order valence-electron chi connectivity index (χ1n) is 6.20. The lowest BCUT2D eigenvalue weighted by Crippen LogP contribution is -2.47. The molecule has 0 spiro atoms. The molecule has 0 heterocycles. The van der Waals surface area contributed by atoms with Gasteiger partial charge in [-0.25, -0.2) is 0 Å². The highest BCUT2D eigenvalue weighted by Crippen LogP contribution is 2.34. The molecule has 0 radical (unpaired) electrons. The van der Waals surface area contributed by atoms with E-state index in [0.717, 1.165) is 12.8 Å². The minimum atomic E-state index is -0.648. The molecule has 2 aliphatic carbocycles. The summed E-state index contributed by atoms with van der Waals surface area (Å²) in [7, 11) is 0. The Labute approximate surface area is 91.2 Å². The van der Waals surface area contributed by atoms with Crippen molar-refractivity contribution in [2.75, 3.05) is 0 Å². The fourth-order valence-electron chi connectivity index (χ4n) is 2.73. The van der Waals surface area contributed by atoms with Gasteiger partial charge in [0.05, 0.1) is 6.42 Å². The van der Waals surface area contributed by atoms with Crippen molar-refractivity contribution in [3.8, 4) is 0 Å². The van der Waals surface area contributed by atoms with E-state index in [1.807, 2.05) is 0 Å². The molecule has 0 saturated heterocycles. The number of hydrogen-bond acceptors (Lipinski definition) is 2. The van der Waals surface area contributed by atoms with Gasteiger partial charge in [0.2, 0.25) is 0 Å². The van der Waals surface area contributed by atoms with E-state index >= 15 is 0 Å². The van der Waals surface area contributed by atoms with Gasteiger partial charge in [-0.05, 0) is 25.7 Å². The maximum Gasteiger partial charge on any atom is 0.305 e. The minimum absolute atomic E-state index is 0.0799. The van der Waals surface area contributed by atoms with Crippen molar-refractivity contribution in [1.29, 1.82) is 0 Å². The lowest BCUT2D eigenvalue weighted by molar-refractivity contribution is -0.139. The van der Waals surface area contributed by atoms with Crippen LogP contribution in [-0.2, 0) is 4.79 Å². The number of carboxylic acid groups (broad SMARTS) is 1. The molecule has 0 unspecified atom stereocenters. The number of hydrogen-bond donors (Lipinski definition) is 2. The summed E-state index contributed by atoms with van der Waals surface area (Å²) >= 11 is 0. The van der Waals surface area contributed by atoms with Crippen LogP contribution >= 0.6 is 0 Å². The summed E-state index contributed by atoms with van der Waals surface area (Å²) in [4.78, 5) is 10.9. The standard InChI is InChI=1S/C12H21NO2/c14-11(15)9-12(13-10-5-6-10)7-3-1-2-4-8-12/h10,13H,1-9H2,(H,14,15). The van der Waals surface area contributed by atoms with Gasteiger partial charge in [0.15, 0.2) is 0 Å².